The molecular weight excluding hydrogens is 448 g/mol. The Kier molecular flexibility index (Phi) is 6.75. The van der Waals surface area contributed by atoms with E-state index in [4.69, 9.17) is 4.74 Å². The fourth-order valence-electron chi connectivity index (χ4n) is 9.28. The van der Waals surface area contributed by atoms with Crippen LogP contribution in [0, 0.1) is 52.6 Å². The van der Waals surface area contributed by atoms with E-state index >= 15 is 0 Å². The highest BCUT2D eigenvalue weighted by molar-refractivity contribution is 5.94. The molecule has 0 unspecified atom stereocenters. The van der Waals surface area contributed by atoms with Crippen molar-refractivity contribution < 1.29 is 23.4 Å². The molecule has 2 N–H and O–H groups in total. The fourth-order valence-corrected chi connectivity index (χ4v) is 9.28. The van der Waals surface area contributed by atoms with E-state index in [-0.39, 0.29) is 17.0 Å². The highest BCUT2D eigenvalue weighted by Crippen LogP contribution is 2.65. The topological polar surface area (TPSA) is 58.6 Å². The Morgan fingerprint density at radius 2 is 1.89 bits per heavy atom. The minimum absolute atomic E-state index is 0.0615. The van der Waals surface area contributed by atoms with Crippen molar-refractivity contribution in [2.24, 2.45) is 40.9 Å². The van der Waals surface area contributed by atoms with Gasteiger partial charge in [0.05, 0.1) is 17.8 Å². The zero-order chi connectivity index (χ0) is 25.0. The SMILES string of the molecule is COC[C@@]1(O)CC[C@H]2[C@H](CC[C@@H]3[C@@H]2CC[C@]2(C)[C@@H]([C@@H](C)NC(=O)c4ccc(F)cc4F)CC[C@@H]32)C1. The molecule has 0 spiro atoms. The second-order valence-corrected chi connectivity index (χ2v) is 12.5. The number of fused-ring (bicyclic) bond motifs is 5. The third-order valence-electron chi connectivity index (χ3n) is 10.7. The number of hydrogen-bond donors (Lipinski definition) is 2. The number of halogens is 2. The molecule has 0 heterocycles. The molecule has 1 aromatic carbocycles. The van der Waals surface area contributed by atoms with Crippen LogP contribution in [-0.4, -0.2) is 36.4 Å². The molecule has 1 aromatic rings. The monoisotopic (exact) mass is 489 g/mol. The van der Waals surface area contributed by atoms with Crippen LogP contribution in [0.3, 0.4) is 0 Å². The van der Waals surface area contributed by atoms with Crippen molar-refractivity contribution in [1.29, 1.82) is 0 Å². The van der Waals surface area contributed by atoms with Crippen molar-refractivity contribution >= 4 is 5.91 Å². The predicted octanol–water partition coefficient (Wildman–Crippen LogP) is 5.73. The standard InChI is InChI=1S/C29H41F2NO3/c1-17(32-27(33)23-7-5-19(30)14-26(23)31)24-8-9-25-22-6-4-18-15-29(34,16-35-3)13-11-20(18)21(22)10-12-28(24,25)2/h5,7,14,17-18,20-22,24-25,34H,4,6,8-13,15-16H2,1-3H3,(H,32,33)/t17-,18-,20+,21-,22-,24-,25+,28-,29-/m1/s1. The Labute approximate surface area is 208 Å². The number of methoxy groups -OCH3 is 1. The van der Waals surface area contributed by atoms with Crippen molar-refractivity contribution in [2.75, 3.05) is 13.7 Å². The van der Waals surface area contributed by atoms with Gasteiger partial charge in [0.2, 0.25) is 0 Å². The number of aliphatic hydroxyl groups is 1. The van der Waals surface area contributed by atoms with E-state index in [0.717, 1.165) is 49.7 Å². The van der Waals surface area contributed by atoms with Crippen LogP contribution in [0.4, 0.5) is 8.78 Å². The average Bonchev–Trinajstić information content (AvgIpc) is 3.16. The summed E-state index contributed by atoms with van der Waals surface area (Å²) in [7, 11) is 1.68. The number of rotatable bonds is 5. The number of ether oxygens (including phenoxy) is 1. The lowest BCUT2D eigenvalue weighted by atomic mass is 9.48. The number of carbonyl (C=O) groups is 1. The largest absolute Gasteiger partial charge is 0.387 e. The lowest BCUT2D eigenvalue weighted by Crippen LogP contribution is -2.53. The molecule has 194 valence electrons. The van der Waals surface area contributed by atoms with E-state index in [2.05, 4.69) is 19.2 Å². The second kappa shape index (κ2) is 9.41. The van der Waals surface area contributed by atoms with Crippen molar-refractivity contribution in [3.8, 4) is 0 Å². The summed E-state index contributed by atoms with van der Waals surface area (Å²) in [6, 6.07) is 3.07. The molecule has 4 aliphatic carbocycles. The fraction of sp³-hybridized carbons (Fsp3) is 0.759. The first-order valence-electron chi connectivity index (χ1n) is 13.6. The zero-order valence-electron chi connectivity index (χ0n) is 21.4. The lowest BCUT2D eigenvalue weighted by molar-refractivity contribution is -0.125. The molecule has 4 nitrogen and oxygen atoms in total. The smallest absolute Gasteiger partial charge is 0.254 e. The Morgan fingerprint density at radius 1 is 1.11 bits per heavy atom. The van der Waals surface area contributed by atoms with Crippen LogP contribution in [0.15, 0.2) is 18.2 Å². The van der Waals surface area contributed by atoms with Gasteiger partial charge >= 0.3 is 0 Å². The molecule has 0 saturated heterocycles. The molecule has 5 rings (SSSR count). The van der Waals surface area contributed by atoms with Crippen LogP contribution in [-0.2, 0) is 4.74 Å². The summed E-state index contributed by atoms with van der Waals surface area (Å²) in [5.74, 6) is 1.87. The molecular formula is C29H41F2NO3. The van der Waals surface area contributed by atoms with Crippen molar-refractivity contribution in [3.63, 3.8) is 0 Å². The van der Waals surface area contributed by atoms with E-state index < -0.39 is 23.1 Å². The Bertz CT molecular complexity index is 956. The first kappa shape index (κ1) is 25.1. The van der Waals surface area contributed by atoms with Gasteiger partial charge in [-0.3, -0.25) is 4.79 Å². The molecule has 4 aliphatic rings. The van der Waals surface area contributed by atoms with Crippen LogP contribution in [0.25, 0.3) is 0 Å². The van der Waals surface area contributed by atoms with E-state index in [1.165, 1.54) is 38.2 Å². The normalized spacial score (nSPS) is 41.4. The van der Waals surface area contributed by atoms with Crippen LogP contribution in [0.5, 0.6) is 0 Å². The number of hydrogen-bond acceptors (Lipinski definition) is 3. The first-order chi connectivity index (χ1) is 16.6. The van der Waals surface area contributed by atoms with E-state index in [0.29, 0.717) is 30.3 Å². The van der Waals surface area contributed by atoms with Crippen LogP contribution < -0.4 is 5.32 Å². The maximum Gasteiger partial charge on any atom is 0.254 e. The number of amides is 1. The molecule has 6 heteroatoms. The maximum atomic E-state index is 14.2. The maximum absolute atomic E-state index is 14.2. The molecule has 4 fully saturated rings. The van der Waals surface area contributed by atoms with Gasteiger partial charge in [-0.15, -0.1) is 0 Å². The molecule has 9 atom stereocenters. The molecule has 35 heavy (non-hydrogen) atoms. The quantitative estimate of drug-likeness (QED) is 0.555. The van der Waals surface area contributed by atoms with Gasteiger partial charge in [0.1, 0.15) is 11.6 Å². The third kappa shape index (κ3) is 4.43. The van der Waals surface area contributed by atoms with Crippen LogP contribution >= 0.6 is 0 Å². The van der Waals surface area contributed by atoms with Crippen molar-refractivity contribution in [3.05, 3.63) is 35.4 Å². The lowest BCUT2D eigenvalue weighted by Gasteiger charge is -2.57. The van der Waals surface area contributed by atoms with Gasteiger partial charge < -0.3 is 15.2 Å². The molecule has 0 bridgehead atoms. The van der Waals surface area contributed by atoms with Crippen LogP contribution in [0.2, 0.25) is 0 Å². The van der Waals surface area contributed by atoms with Crippen molar-refractivity contribution in [2.45, 2.75) is 83.3 Å². The molecule has 1 amide bonds. The summed E-state index contributed by atoms with van der Waals surface area (Å²) >= 11 is 0. The van der Waals surface area contributed by atoms with Gasteiger partial charge in [0, 0.05) is 19.2 Å². The Balaban J connectivity index is 1.26. The van der Waals surface area contributed by atoms with E-state index in [1.807, 2.05) is 0 Å². The highest BCUT2D eigenvalue weighted by Gasteiger charge is 2.58. The molecule has 0 aromatic heterocycles. The number of nitrogens with one attached hydrogen (secondary N) is 1. The number of carbonyl (C=O) groups excluding carboxylic acids is 1. The van der Waals surface area contributed by atoms with Gasteiger partial charge in [-0.05, 0) is 118 Å². The van der Waals surface area contributed by atoms with Crippen LogP contribution in [0.1, 0.15) is 82.0 Å². The Hall–Kier alpha value is -1.53. The van der Waals surface area contributed by atoms with Gasteiger partial charge in [0.25, 0.3) is 5.91 Å². The summed E-state index contributed by atoms with van der Waals surface area (Å²) < 4.78 is 32.8. The summed E-state index contributed by atoms with van der Waals surface area (Å²) in [6.07, 6.45) is 9.94. The van der Waals surface area contributed by atoms with Gasteiger partial charge in [-0.25, -0.2) is 8.78 Å². The zero-order valence-corrected chi connectivity index (χ0v) is 21.4. The van der Waals surface area contributed by atoms with E-state index in [1.54, 1.807) is 7.11 Å². The summed E-state index contributed by atoms with van der Waals surface area (Å²) in [4.78, 5) is 12.8. The Morgan fingerprint density at radius 3 is 2.63 bits per heavy atom. The van der Waals surface area contributed by atoms with Gasteiger partial charge in [0.15, 0.2) is 0 Å². The molecule has 4 saturated carbocycles. The highest BCUT2D eigenvalue weighted by atomic mass is 19.1. The average molecular weight is 490 g/mol. The predicted molar refractivity (Wildman–Crippen MR) is 131 cm³/mol. The summed E-state index contributed by atoms with van der Waals surface area (Å²) in [5, 5.41) is 14.0. The number of benzene rings is 1. The minimum atomic E-state index is -0.813. The first-order valence-corrected chi connectivity index (χ1v) is 13.6. The molecule has 0 radical (unpaired) electrons. The van der Waals surface area contributed by atoms with Gasteiger partial charge in [-0.1, -0.05) is 6.92 Å². The van der Waals surface area contributed by atoms with Crippen molar-refractivity contribution in [1.82, 2.24) is 5.32 Å². The summed E-state index contributed by atoms with van der Waals surface area (Å²) in [5.41, 5.74) is -0.569. The minimum Gasteiger partial charge on any atom is -0.387 e. The molecule has 0 aliphatic heterocycles. The summed E-state index contributed by atoms with van der Waals surface area (Å²) in [6.45, 7) is 4.92. The third-order valence-corrected chi connectivity index (χ3v) is 10.7. The van der Waals surface area contributed by atoms with E-state index in [9.17, 15) is 18.7 Å². The van der Waals surface area contributed by atoms with Gasteiger partial charge in [-0.2, -0.15) is 0 Å². The second-order valence-electron chi connectivity index (χ2n) is 12.5.